The third-order valence-corrected chi connectivity index (χ3v) is 3.42. The molecule has 0 aliphatic rings. The fourth-order valence-corrected chi connectivity index (χ4v) is 2.47. The Kier molecular flexibility index (Phi) is 4.52. The van der Waals surface area contributed by atoms with Crippen LogP contribution in [-0.2, 0) is 19.9 Å². The van der Waals surface area contributed by atoms with E-state index in [1.165, 1.54) is 0 Å². The molecule has 0 fully saturated rings. The van der Waals surface area contributed by atoms with E-state index >= 15 is 0 Å². The van der Waals surface area contributed by atoms with Gasteiger partial charge in [0.1, 0.15) is 4.99 Å². The Morgan fingerprint density at radius 2 is 2.05 bits per heavy atom. The van der Waals surface area contributed by atoms with Crippen molar-refractivity contribution in [3.8, 4) is 11.8 Å². The van der Waals surface area contributed by atoms with Gasteiger partial charge in [-0.15, -0.1) is 5.10 Å². The van der Waals surface area contributed by atoms with E-state index in [2.05, 4.69) is 15.3 Å². The fourth-order valence-electron chi connectivity index (χ4n) is 2.26. The van der Waals surface area contributed by atoms with Gasteiger partial charge in [0.25, 0.3) is 5.88 Å². The minimum absolute atomic E-state index is 0.269. The summed E-state index contributed by atoms with van der Waals surface area (Å²) >= 11 is 5.17. The average molecular weight is 305 g/mol. The van der Waals surface area contributed by atoms with E-state index in [0.717, 1.165) is 29.8 Å². The molecule has 0 spiro atoms. The van der Waals surface area contributed by atoms with E-state index in [9.17, 15) is 0 Å². The Bertz CT molecular complexity index is 680. The maximum absolute atomic E-state index is 5.87. The summed E-state index contributed by atoms with van der Waals surface area (Å²) in [5.74, 6) is 0.908. The van der Waals surface area contributed by atoms with Crippen LogP contribution in [-0.4, -0.2) is 25.0 Å². The molecule has 2 N–H and O–H groups in total. The number of nitrogens with two attached hydrogens (primary N) is 1. The summed E-state index contributed by atoms with van der Waals surface area (Å²) in [4.78, 5) is 0.269. The summed E-state index contributed by atoms with van der Waals surface area (Å²) in [6.07, 6.45) is 1.54. The number of ether oxygens (including phenoxy) is 1. The molecule has 0 bridgehead atoms. The zero-order chi connectivity index (χ0) is 15.6. The van der Waals surface area contributed by atoms with Crippen LogP contribution in [0.15, 0.2) is 6.07 Å². The van der Waals surface area contributed by atoms with Crippen LogP contribution in [0.2, 0.25) is 0 Å². The molecule has 21 heavy (non-hydrogen) atoms. The first-order valence-corrected chi connectivity index (χ1v) is 7.25. The van der Waals surface area contributed by atoms with Crippen LogP contribution in [0.1, 0.15) is 36.4 Å². The van der Waals surface area contributed by atoms with Crippen molar-refractivity contribution in [2.45, 2.75) is 33.6 Å². The van der Waals surface area contributed by atoms with Gasteiger partial charge in [-0.25, -0.2) is 4.68 Å². The Hall–Kier alpha value is -2.02. The number of thiocarbonyl (C=S) groups is 1. The lowest BCUT2D eigenvalue weighted by atomic mass is 10.0. The molecule has 0 amide bonds. The first-order valence-electron chi connectivity index (χ1n) is 6.84. The van der Waals surface area contributed by atoms with E-state index in [4.69, 9.17) is 22.7 Å². The van der Waals surface area contributed by atoms with Crippen LogP contribution < -0.4 is 10.5 Å². The average Bonchev–Trinajstić information content (AvgIpc) is 2.75. The molecule has 2 aromatic rings. The molecule has 112 valence electrons. The highest BCUT2D eigenvalue weighted by molar-refractivity contribution is 7.80. The van der Waals surface area contributed by atoms with Gasteiger partial charge in [-0.05, 0) is 25.3 Å². The summed E-state index contributed by atoms with van der Waals surface area (Å²) in [5, 5.41) is 12.6. The monoisotopic (exact) mass is 305 g/mol. The molecule has 0 saturated heterocycles. The minimum atomic E-state index is 0.269. The van der Waals surface area contributed by atoms with Crippen molar-refractivity contribution in [1.82, 2.24) is 20.0 Å². The molecular formula is C14H19N5OS. The topological polar surface area (TPSA) is 78.9 Å². The van der Waals surface area contributed by atoms with Gasteiger partial charge >= 0.3 is 0 Å². The van der Waals surface area contributed by atoms with Gasteiger partial charge in [0, 0.05) is 13.1 Å². The molecule has 0 aliphatic heterocycles. The molecule has 2 heterocycles. The molecule has 0 atom stereocenters. The quantitative estimate of drug-likeness (QED) is 0.852. The Morgan fingerprint density at radius 3 is 2.52 bits per heavy atom. The standard InChI is InChI=1S/C14H19N5OS/c1-5-9-10(6-2)16-17-14(12(9)13(15)21)20-11-7-8(3)18-19(11)4/h7H,5-6H2,1-4H3,(H2,15,21). The lowest BCUT2D eigenvalue weighted by Gasteiger charge is -2.14. The fraction of sp³-hybridized carbons (Fsp3) is 0.429. The zero-order valence-corrected chi connectivity index (χ0v) is 13.5. The van der Waals surface area contributed by atoms with Crippen LogP contribution in [0.3, 0.4) is 0 Å². The first-order chi connectivity index (χ1) is 9.97. The van der Waals surface area contributed by atoms with Crippen molar-refractivity contribution in [2.24, 2.45) is 12.8 Å². The smallest absolute Gasteiger partial charge is 0.251 e. The molecule has 0 aliphatic carbocycles. The van der Waals surface area contributed by atoms with E-state index in [-0.39, 0.29) is 4.99 Å². The van der Waals surface area contributed by atoms with Crippen molar-refractivity contribution in [2.75, 3.05) is 0 Å². The highest BCUT2D eigenvalue weighted by atomic mass is 32.1. The Balaban J connectivity index is 2.53. The third kappa shape index (κ3) is 3.02. The number of hydrogen-bond donors (Lipinski definition) is 1. The third-order valence-electron chi connectivity index (χ3n) is 3.22. The highest BCUT2D eigenvalue weighted by Gasteiger charge is 2.19. The predicted molar refractivity (Wildman–Crippen MR) is 84.7 cm³/mol. The maximum atomic E-state index is 5.87. The van der Waals surface area contributed by atoms with Crippen molar-refractivity contribution >= 4 is 17.2 Å². The van der Waals surface area contributed by atoms with Crippen LogP contribution in [0.5, 0.6) is 11.8 Å². The van der Waals surface area contributed by atoms with Crippen molar-refractivity contribution in [3.63, 3.8) is 0 Å². The van der Waals surface area contributed by atoms with Crippen molar-refractivity contribution < 1.29 is 4.74 Å². The molecule has 2 aromatic heterocycles. The molecule has 2 rings (SSSR count). The van der Waals surface area contributed by atoms with E-state index in [1.54, 1.807) is 11.7 Å². The molecule has 0 radical (unpaired) electrons. The second-order valence-corrected chi connectivity index (χ2v) is 5.17. The van der Waals surface area contributed by atoms with Gasteiger partial charge in [-0.3, -0.25) is 0 Å². The van der Waals surface area contributed by atoms with Gasteiger partial charge in [-0.1, -0.05) is 26.1 Å². The first kappa shape index (κ1) is 15.4. The van der Waals surface area contributed by atoms with E-state index < -0.39 is 0 Å². The lowest BCUT2D eigenvalue weighted by Crippen LogP contribution is -2.17. The summed E-state index contributed by atoms with van der Waals surface area (Å²) in [5.41, 5.74) is 9.29. The molecule has 6 nitrogen and oxygen atoms in total. The van der Waals surface area contributed by atoms with Crippen molar-refractivity contribution in [3.05, 3.63) is 28.6 Å². The van der Waals surface area contributed by atoms with Gasteiger partial charge < -0.3 is 10.5 Å². The SMILES string of the molecule is CCc1nnc(Oc2cc(C)nn2C)c(C(N)=S)c1CC. The Morgan fingerprint density at radius 1 is 1.33 bits per heavy atom. The highest BCUT2D eigenvalue weighted by Crippen LogP contribution is 2.27. The van der Waals surface area contributed by atoms with Gasteiger partial charge in [0.15, 0.2) is 0 Å². The van der Waals surface area contributed by atoms with Crippen molar-refractivity contribution in [1.29, 1.82) is 0 Å². The second kappa shape index (κ2) is 6.17. The summed E-state index contributed by atoms with van der Waals surface area (Å²) in [7, 11) is 1.80. The van der Waals surface area contributed by atoms with Crippen LogP contribution in [0.25, 0.3) is 0 Å². The Labute approximate surface area is 129 Å². The molecular weight excluding hydrogens is 286 g/mol. The minimum Gasteiger partial charge on any atom is -0.419 e. The predicted octanol–water partition coefficient (Wildman–Crippen LogP) is 2.07. The number of aromatic nitrogens is 4. The van der Waals surface area contributed by atoms with Crippen LogP contribution in [0, 0.1) is 6.92 Å². The molecule has 7 heteroatoms. The normalized spacial score (nSPS) is 10.7. The molecule has 0 aromatic carbocycles. The van der Waals surface area contributed by atoms with Crippen LogP contribution in [0.4, 0.5) is 0 Å². The summed E-state index contributed by atoms with van der Waals surface area (Å²) < 4.78 is 7.46. The molecule has 0 saturated carbocycles. The van der Waals surface area contributed by atoms with E-state index in [1.807, 2.05) is 26.8 Å². The van der Waals surface area contributed by atoms with E-state index in [0.29, 0.717) is 17.3 Å². The molecule has 0 unspecified atom stereocenters. The number of rotatable bonds is 5. The van der Waals surface area contributed by atoms with Gasteiger partial charge in [0.05, 0.1) is 17.0 Å². The largest absolute Gasteiger partial charge is 0.419 e. The maximum Gasteiger partial charge on any atom is 0.251 e. The van der Waals surface area contributed by atoms with Gasteiger partial charge in [0.2, 0.25) is 5.88 Å². The number of nitrogens with zero attached hydrogens (tertiary/aromatic N) is 4. The number of hydrogen-bond acceptors (Lipinski definition) is 5. The van der Waals surface area contributed by atoms with Crippen LogP contribution >= 0.6 is 12.2 Å². The lowest BCUT2D eigenvalue weighted by molar-refractivity contribution is 0.407. The number of aryl methyl sites for hydroxylation is 3. The summed E-state index contributed by atoms with van der Waals surface area (Å²) in [6.45, 7) is 5.96. The second-order valence-electron chi connectivity index (χ2n) is 4.73. The van der Waals surface area contributed by atoms with Gasteiger partial charge in [-0.2, -0.15) is 10.2 Å². The summed E-state index contributed by atoms with van der Waals surface area (Å²) in [6, 6.07) is 1.82. The zero-order valence-electron chi connectivity index (χ0n) is 12.7.